The van der Waals surface area contributed by atoms with Crippen molar-refractivity contribution in [2.45, 2.75) is 12.5 Å². The number of hydrogen-bond donors (Lipinski definition) is 1. The minimum atomic E-state index is -0.825. The second kappa shape index (κ2) is 8.81. The molecule has 168 valence electrons. The van der Waals surface area contributed by atoms with E-state index in [2.05, 4.69) is 20.4 Å². The number of hydrazone groups is 1. The first-order valence-corrected chi connectivity index (χ1v) is 9.93. The van der Waals surface area contributed by atoms with Crippen LogP contribution in [0.1, 0.15) is 28.5 Å². The molecule has 0 aliphatic carbocycles. The van der Waals surface area contributed by atoms with Gasteiger partial charge in [-0.15, -0.1) is 0 Å². The van der Waals surface area contributed by atoms with E-state index in [1.807, 2.05) is 0 Å². The van der Waals surface area contributed by atoms with Crippen molar-refractivity contribution in [1.29, 1.82) is 0 Å². The van der Waals surface area contributed by atoms with Crippen molar-refractivity contribution >= 4 is 24.1 Å². The predicted molar refractivity (Wildman–Crippen MR) is 109 cm³/mol. The van der Waals surface area contributed by atoms with Crippen LogP contribution in [0.4, 0.5) is 23.9 Å². The van der Waals surface area contributed by atoms with Gasteiger partial charge in [-0.2, -0.15) is 5.10 Å². The van der Waals surface area contributed by atoms with Crippen LogP contribution in [-0.2, 0) is 0 Å². The Hall–Kier alpha value is -3.70. The molecule has 0 radical (unpaired) electrons. The highest BCUT2D eigenvalue weighted by molar-refractivity contribution is 5.92. The summed E-state index contributed by atoms with van der Waals surface area (Å²) < 4.78 is 41.1. The van der Waals surface area contributed by atoms with Gasteiger partial charge < -0.3 is 15.1 Å². The highest BCUT2D eigenvalue weighted by Gasteiger charge is 2.34. The summed E-state index contributed by atoms with van der Waals surface area (Å²) in [7, 11) is 1.38. The van der Waals surface area contributed by atoms with E-state index in [0.29, 0.717) is 38.2 Å². The molecule has 1 atom stereocenters. The first-order chi connectivity index (χ1) is 15.4. The van der Waals surface area contributed by atoms with Crippen molar-refractivity contribution in [2.24, 2.45) is 5.10 Å². The fraction of sp³-hybridized carbons (Fsp3) is 0.350. The molecule has 0 saturated carbocycles. The van der Waals surface area contributed by atoms with Crippen LogP contribution in [0.2, 0.25) is 0 Å². The third-order valence-electron chi connectivity index (χ3n) is 5.30. The van der Waals surface area contributed by atoms with Crippen LogP contribution >= 0.6 is 0 Å². The normalized spacial score (nSPS) is 18.2. The maximum atomic E-state index is 13.8. The van der Waals surface area contributed by atoms with E-state index in [-0.39, 0.29) is 17.7 Å². The van der Waals surface area contributed by atoms with Crippen LogP contribution < -0.4 is 10.2 Å². The maximum absolute atomic E-state index is 13.8. The molecule has 0 bridgehead atoms. The highest BCUT2D eigenvalue weighted by Crippen LogP contribution is 2.30. The Kier molecular flexibility index (Phi) is 5.93. The third kappa shape index (κ3) is 4.20. The van der Waals surface area contributed by atoms with Crippen molar-refractivity contribution in [1.82, 2.24) is 25.2 Å². The average molecular weight is 447 g/mol. The fourth-order valence-electron chi connectivity index (χ4n) is 3.67. The molecule has 1 unspecified atom stereocenters. The Balaban J connectivity index is 1.43. The molecule has 12 heteroatoms. The molecule has 3 heterocycles. The standard InChI is InChI=1S/C20H20F3N7O2/c1-24-18(31)17-15(23)11-25-19(27-17)28-4-6-29(7-5-28)20(32)30-16(2-3-26-30)12-8-13(21)10-14(22)9-12/h3,8-11,16H,2,4-7H2,1H3,(H,24,31). The number of rotatable bonds is 3. The summed E-state index contributed by atoms with van der Waals surface area (Å²) in [5.74, 6) is -2.74. The van der Waals surface area contributed by atoms with Gasteiger partial charge in [-0.3, -0.25) is 4.79 Å². The molecule has 0 spiro atoms. The monoisotopic (exact) mass is 447 g/mol. The minimum absolute atomic E-state index is 0.185. The van der Waals surface area contributed by atoms with Crippen molar-refractivity contribution in [3.05, 3.63) is 53.1 Å². The third-order valence-corrected chi connectivity index (χ3v) is 5.30. The Labute approximate surface area is 181 Å². The number of hydrogen-bond acceptors (Lipinski definition) is 6. The van der Waals surface area contributed by atoms with Gasteiger partial charge >= 0.3 is 6.03 Å². The lowest BCUT2D eigenvalue weighted by Gasteiger charge is -2.37. The van der Waals surface area contributed by atoms with E-state index < -0.39 is 29.4 Å². The molecule has 2 aromatic rings. The maximum Gasteiger partial charge on any atom is 0.341 e. The summed E-state index contributed by atoms with van der Waals surface area (Å²) >= 11 is 0. The van der Waals surface area contributed by atoms with E-state index in [1.165, 1.54) is 30.4 Å². The Morgan fingerprint density at radius 1 is 1.06 bits per heavy atom. The molecular formula is C20H20F3N7O2. The molecule has 9 nitrogen and oxygen atoms in total. The second-order valence-corrected chi connectivity index (χ2v) is 7.30. The number of nitrogens with one attached hydrogen (secondary N) is 1. The first-order valence-electron chi connectivity index (χ1n) is 9.93. The van der Waals surface area contributed by atoms with Crippen LogP contribution in [0.15, 0.2) is 29.5 Å². The summed E-state index contributed by atoms with van der Waals surface area (Å²) in [5, 5.41) is 7.65. The first kappa shape index (κ1) is 21.5. The highest BCUT2D eigenvalue weighted by atomic mass is 19.1. The van der Waals surface area contributed by atoms with Crippen LogP contribution in [0, 0.1) is 17.5 Å². The number of urea groups is 1. The molecule has 3 amide bonds. The Morgan fingerprint density at radius 2 is 1.75 bits per heavy atom. The lowest BCUT2D eigenvalue weighted by atomic mass is 10.0. The number of nitrogens with zero attached hydrogens (tertiary/aromatic N) is 6. The van der Waals surface area contributed by atoms with E-state index in [1.54, 1.807) is 9.80 Å². The van der Waals surface area contributed by atoms with E-state index in [9.17, 15) is 22.8 Å². The van der Waals surface area contributed by atoms with Crippen LogP contribution in [0.3, 0.4) is 0 Å². The van der Waals surface area contributed by atoms with Gasteiger partial charge in [0.2, 0.25) is 5.95 Å². The lowest BCUT2D eigenvalue weighted by molar-refractivity contribution is 0.0953. The summed E-state index contributed by atoms with van der Waals surface area (Å²) in [6.45, 7) is 1.29. The summed E-state index contributed by atoms with van der Waals surface area (Å²) in [6, 6.07) is 2.17. The summed E-state index contributed by atoms with van der Waals surface area (Å²) in [4.78, 5) is 36.0. The number of carbonyl (C=O) groups excluding carboxylic acids is 2. The van der Waals surface area contributed by atoms with Gasteiger partial charge in [-0.05, 0) is 17.7 Å². The SMILES string of the molecule is CNC(=O)c1nc(N2CCN(C(=O)N3N=CCC3c3cc(F)cc(F)c3)CC2)ncc1F. The zero-order chi connectivity index (χ0) is 22.8. The van der Waals surface area contributed by atoms with E-state index in [0.717, 1.165) is 12.3 Å². The fourth-order valence-corrected chi connectivity index (χ4v) is 3.67. The number of anilines is 1. The molecule has 1 saturated heterocycles. The van der Waals surface area contributed by atoms with Gasteiger partial charge in [0.15, 0.2) is 11.5 Å². The van der Waals surface area contributed by atoms with E-state index in [4.69, 9.17) is 0 Å². The number of piperazine rings is 1. The predicted octanol–water partition coefficient (Wildman–Crippen LogP) is 1.93. The van der Waals surface area contributed by atoms with Gasteiger partial charge in [0, 0.05) is 51.9 Å². The van der Waals surface area contributed by atoms with Gasteiger partial charge in [-0.25, -0.2) is 32.9 Å². The molecule has 1 N–H and O–H groups in total. The molecule has 1 aromatic carbocycles. The number of carbonyl (C=O) groups is 2. The zero-order valence-corrected chi connectivity index (χ0v) is 17.1. The Morgan fingerprint density at radius 3 is 2.41 bits per heavy atom. The number of halogens is 3. The van der Waals surface area contributed by atoms with Gasteiger partial charge in [-0.1, -0.05) is 0 Å². The van der Waals surface area contributed by atoms with Crippen molar-refractivity contribution in [2.75, 3.05) is 38.1 Å². The minimum Gasteiger partial charge on any atom is -0.354 e. The molecule has 32 heavy (non-hydrogen) atoms. The molecule has 2 aliphatic heterocycles. The largest absolute Gasteiger partial charge is 0.354 e. The second-order valence-electron chi connectivity index (χ2n) is 7.30. The summed E-state index contributed by atoms with van der Waals surface area (Å²) in [5.41, 5.74) is -0.0268. The Bertz CT molecular complexity index is 1050. The molecular weight excluding hydrogens is 427 g/mol. The van der Waals surface area contributed by atoms with E-state index >= 15 is 0 Å². The number of aromatic nitrogens is 2. The van der Waals surface area contributed by atoms with Crippen molar-refractivity contribution in [3.8, 4) is 0 Å². The molecule has 1 aromatic heterocycles. The van der Waals surface area contributed by atoms with Gasteiger partial charge in [0.1, 0.15) is 11.6 Å². The average Bonchev–Trinajstić information content (AvgIpc) is 3.28. The van der Waals surface area contributed by atoms with Crippen LogP contribution in [0.25, 0.3) is 0 Å². The quantitative estimate of drug-likeness (QED) is 0.776. The topological polar surface area (TPSA) is 94.0 Å². The van der Waals surface area contributed by atoms with Gasteiger partial charge in [0.25, 0.3) is 5.91 Å². The zero-order valence-electron chi connectivity index (χ0n) is 17.1. The van der Waals surface area contributed by atoms with Crippen LogP contribution in [-0.4, -0.2) is 71.3 Å². The molecule has 4 rings (SSSR count). The van der Waals surface area contributed by atoms with Gasteiger partial charge in [0.05, 0.1) is 12.2 Å². The molecule has 1 fully saturated rings. The number of amides is 3. The smallest absolute Gasteiger partial charge is 0.341 e. The number of benzene rings is 1. The van der Waals surface area contributed by atoms with Crippen molar-refractivity contribution in [3.63, 3.8) is 0 Å². The van der Waals surface area contributed by atoms with Crippen LogP contribution in [0.5, 0.6) is 0 Å². The summed E-state index contributed by atoms with van der Waals surface area (Å²) in [6.07, 6.45) is 2.82. The lowest BCUT2D eigenvalue weighted by Crippen LogP contribution is -2.52. The molecule has 2 aliphatic rings. The van der Waals surface area contributed by atoms with Crippen molar-refractivity contribution < 1.29 is 22.8 Å².